The molecule has 2 rings (SSSR count). The zero-order chi connectivity index (χ0) is 18.6. The van der Waals surface area contributed by atoms with Gasteiger partial charge < -0.3 is 24.2 Å². The lowest BCUT2D eigenvalue weighted by Crippen LogP contribution is -2.43. The third-order valence-corrected chi connectivity index (χ3v) is 4.30. The van der Waals surface area contributed by atoms with Gasteiger partial charge in [-0.1, -0.05) is 12.1 Å². The van der Waals surface area contributed by atoms with Gasteiger partial charge in [-0.25, -0.2) is 4.79 Å². The summed E-state index contributed by atoms with van der Waals surface area (Å²) in [5.41, 5.74) is 0.629. The van der Waals surface area contributed by atoms with E-state index in [-0.39, 0.29) is 13.0 Å². The van der Waals surface area contributed by atoms with Crippen molar-refractivity contribution < 1.29 is 33.7 Å². The fourth-order valence-corrected chi connectivity index (χ4v) is 3.19. The molecule has 0 bridgehead atoms. The molecule has 3 unspecified atom stereocenters. The van der Waals surface area contributed by atoms with Crippen LogP contribution in [0.3, 0.4) is 0 Å². The molecule has 1 fully saturated rings. The molecule has 0 aliphatic carbocycles. The first-order chi connectivity index (χ1) is 11.9. The topological polar surface area (TPSA) is 102 Å². The van der Waals surface area contributed by atoms with Crippen LogP contribution in [0.15, 0.2) is 24.3 Å². The Hall–Kier alpha value is -2.61. The Morgan fingerprint density at radius 3 is 2.28 bits per heavy atom. The van der Waals surface area contributed by atoms with Crippen molar-refractivity contribution in [2.75, 3.05) is 27.9 Å². The predicted octanol–water partition coefficient (Wildman–Crippen LogP) is 0.857. The molecule has 3 atom stereocenters. The van der Waals surface area contributed by atoms with Gasteiger partial charge in [0.2, 0.25) is 5.91 Å². The SMILES string of the molecule is COCC(=O)N1C(C(=O)O)CC(C(=O)OC)C1c1ccc(OC)cc1. The molecule has 1 aromatic rings. The molecule has 1 aliphatic rings. The molecule has 1 aliphatic heterocycles. The van der Waals surface area contributed by atoms with Gasteiger partial charge in [-0.05, 0) is 24.1 Å². The summed E-state index contributed by atoms with van der Waals surface area (Å²) in [6.45, 7) is -0.273. The molecule has 8 nitrogen and oxygen atoms in total. The lowest BCUT2D eigenvalue weighted by atomic mass is 9.93. The molecule has 0 saturated carbocycles. The molecule has 1 amide bonds. The number of amides is 1. The second-order valence-corrected chi connectivity index (χ2v) is 5.67. The Morgan fingerprint density at radius 1 is 1.16 bits per heavy atom. The van der Waals surface area contributed by atoms with E-state index >= 15 is 0 Å². The molecule has 136 valence electrons. The second-order valence-electron chi connectivity index (χ2n) is 5.67. The Kier molecular flexibility index (Phi) is 5.97. The summed E-state index contributed by atoms with van der Waals surface area (Å²) in [7, 11) is 4.11. The summed E-state index contributed by atoms with van der Waals surface area (Å²) in [6, 6.07) is 4.92. The van der Waals surface area contributed by atoms with Crippen LogP contribution >= 0.6 is 0 Å². The fourth-order valence-electron chi connectivity index (χ4n) is 3.19. The number of hydrogen-bond donors (Lipinski definition) is 1. The minimum absolute atomic E-state index is 0.0197. The first-order valence-corrected chi connectivity index (χ1v) is 7.69. The van der Waals surface area contributed by atoms with E-state index in [1.165, 1.54) is 26.2 Å². The minimum Gasteiger partial charge on any atom is -0.497 e. The van der Waals surface area contributed by atoms with E-state index in [0.29, 0.717) is 11.3 Å². The maximum Gasteiger partial charge on any atom is 0.326 e. The maximum absolute atomic E-state index is 12.5. The van der Waals surface area contributed by atoms with Crippen molar-refractivity contribution in [1.29, 1.82) is 0 Å². The molecule has 1 aromatic carbocycles. The number of carboxylic acids is 1. The van der Waals surface area contributed by atoms with Crippen LogP contribution in [0.1, 0.15) is 18.0 Å². The van der Waals surface area contributed by atoms with Crippen molar-refractivity contribution in [2.45, 2.75) is 18.5 Å². The quantitative estimate of drug-likeness (QED) is 0.758. The number of carbonyl (C=O) groups excluding carboxylic acids is 2. The average Bonchev–Trinajstić information content (AvgIpc) is 3.02. The Morgan fingerprint density at radius 2 is 1.80 bits per heavy atom. The van der Waals surface area contributed by atoms with E-state index < -0.39 is 35.8 Å². The van der Waals surface area contributed by atoms with E-state index in [1.54, 1.807) is 24.3 Å². The van der Waals surface area contributed by atoms with Gasteiger partial charge in [0, 0.05) is 7.11 Å². The van der Waals surface area contributed by atoms with Gasteiger partial charge in [0.25, 0.3) is 0 Å². The van der Waals surface area contributed by atoms with Gasteiger partial charge in [-0.15, -0.1) is 0 Å². The predicted molar refractivity (Wildman–Crippen MR) is 86.0 cm³/mol. The number of nitrogens with zero attached hydrogens (tertiary/aromatic N) is 1. The molecule has 25 heavy (non-hydrogen) atoms. The van der Waals surface area contributed by atoms with Gasteiger partial charge in [-0.3, -0.25) is 9.59 Å². The number of carbonyl (C=O) groups is 3. The van der Waals surface area contributed by atoms with Crippen LogP contribution in [-0.4, -0.2) is 61.8 Å². The Bertz CT molecular complexity index is 643. The Balaban J connectivity index is 2.49. The van der Waals surface area contributed by atoms with E-state index in [4.69, 9.17) is 14.2 Å². The summed E-state index contributed by atoms with van der Waals surface area (Å²) >= 11 is 0. The molecule has 0 aromatic heterocycles. The highest BCUT2D eigenvalue weighted by Crippen LogP contribution is 2.42. The normalized spacial score (nSPS) is 22.5. The van der Waals surface area contributed by atoms with Crippen molar-refractivity contribution in [3.05, 3.63) is 29.8 Å². The van der Waals surface area contributed by atoms with Gasteiger partial charge in [0.1, 0.15) is 18.4 Å². The number of ether oxygens (including phenoxy) is 3. The van der Waals surface area contributed by atoms with E-state index in [2.05, 4.69) is 0 Å². The Labute approximate surface area is 145 Å². The zero-order valence-electron chi connectivity index (χ0n) is 14.3. The number of rotatable bonds is 6. The zero-order valence-corrected chi connectivity index (χ0v) is 14.3. The number of benzene rings is 1. The number of likely N-dealkylation sites (tertiary alicyclic amines) is 1. The highest BCUT2D eigenvalue weighted by Gasteiger charge is 2.50. The number of esters is 1. The summed E-state index contributed by atoms with van der Waals surface area (Å²) < 4.78 is 14.8. The number of carboxylic acid groups (broad SMARTS) is 1. The van der Waals surface area contributed by atoms with Crippen molar-refractivity contribution >= 4 is 17.8 Å². The monoisotopic (exact) mass is 351 g/mol. The van der Waals surface area contributed by atoms with Crippen LogP contribution in [0.2, 0.25) is 0 Å². The maximum atomic E-state index is 12.5. The lowest BCUT2D eigenvalue weighted by Gasteiger charge is -2.30. The van der Waals surface area contributed by atoms with Gasteiger partial charge >= 0.3 is 11.9 Å². The minimum atomic E-state index is -1.17. The lowest BCUT2D eigenvalue weighted by molar-refractivity contribution is -0.152. The molecule has 0 radical (unpaired) electrons. The highest BCUT2D eigenvalue weighted by molar-refractivity contribution is 5.88. The summed E-state index contributed by atoms with van der Waals surface area (Å²) in [5.74, 6) is -2.39. The highest BCUT2D eigenvalue weighted by atomic mass is 16.5. The average molecular weight is 351 g/mol. The summed E-state index contributed by atoms with van der Waals surface area (Å²) in [6.07, 6.45) is -0.0197. The van der Waals surface area contributed by atoms with Crippen LogP contribution < -0.4 is 4.74 Å². The fraction of sp³-hybridized carbons (Fsp3) is 0.471. The third kappa shape index (κ3) is 3.74. The number of aliphatic carboxylic acids is 1. The molecule has 8 heteroatoms. The standard InChI is InChI=1S/C17H21NO7/c1-23-9-14(19)18-13(16(20)21)8-12(17(22)25-3)15(18)10-4-6-11(24-2)7-5-10/h4-7,12-13,15H,8-9H2,1-3H3,(H,20,21). The van der Waals surface area contributed by atoms with Crippen molar-refractivity contribution in [3.63, 3.8) is 0 Å². The molecular weight excluding hydrogens is 330 g/mol. The summed E-state index contributed by atoms with van der Waals surface area (Å²) in [5, 5.41) is 9.51. The number of hydrogen-bond acceptors (Lipinski definition) is 6. The molecular formula is C17H21NO7. The van der Waals surface area contributed by atoms with Crippen molar-refractivity contribution in [1.82, 2.24) is 4.90 Å². The first-order valence-electron chi connectivity index (χ1n) is 7.69. The summed E-state index contributed by atoms with van der Waals surface area (Å²) in [4.78, 5) is 37.5. The van der Waals surface area contributed by atoms with Crippen LogP contribution in [-0.2, 0) is 23.9 Å². The van der Waals surface area contributed by atoms with E-state index in [0.717, 1.165) is 0 Å². The van der Waals surface area contributed by atoms with Gasteiger partial charge in [-0.2, -0.15) is 0 Å². The first kappa shape index (κ1) is 18.7. The number of methoxy groups -OCH3 is 3. The van der Waals surface area contributed by atoms with Crippen molar-refractivity contribution in [2.24, 2.45) is 5.92 Å². The van der Waals surface area contributed by atoms with Crippen LogP contribution in [0.4, 0.5) is 0 Å². The molecule has 0 spiro atoms. The van der Waals surface area contributed by atoms with Crippen LogP contribution in [0.5, 0.6) is 5.75 Å². The third-order valence-electron chi connectivity index (χ3n) is 4.30. The molecule has 1 N–H and O–H groups in total. The van der Waals surface area contributed by atoms with Crippen molar-refractivity contribution in [3.8, 4) is 5.75 Å². The van der Waals surface area contributed by atoms with Crippen LogP contribution in [0.25, 0.3) is 0 Å². The largest absolute Gasteiger partial charge is 0.497 e. The van der Waals surface area contributed by atoms with Gasteiger partial charge in [0.15, 0.2) is 0 Å². The van der Waals surface area contributed by atoms with Gasteiger partial charge in [0.05, 0.1) is 26.2 Å². The second kappa shape index (κ2) is 7.98. The smallest absolute Gasteiger partial charge is 0.326 e. The van der Waals surface area contributed by atoms with Crippen LogP contribution in [0, 0.1) is 5.92 Å². The molecule has 1 saturated heterocycles. The van der Waals surface area contributed by atoms with E-state index in [9.17, 15) is 19.5 Å². The van der Waals surface area contributed by atoms with E-state index in [1.807, 2.05) is 0 Å². The molecule has 1 heterocycles.